The van der Waals surface area contributed by atoms with E-state index in [-0.39, 0.29) is 17.3 Å². The largest absolute Gasteiger partial charge is 0.365 e. The molecule has 2 aliphatic rings. The molecule has 9 heteroatoms. The van der Waals surface area contributed by atoms with Crippen LogP contribution in [0.2, 0.25) is 0 Å². The summed E-state index contributed by atoms with van der Waals surface area (Å²) in [6.07, 6.45) is 3.00. The topological polar surface area (TPSA) is 84.5 Å². The summed E-state index contributed by atoms with van der Waals surface area (Å²) in [5.41, 5.74) is 8.80. The number of rotatable bonds is 4. The van der Waals surface area contributed by atoms with Crippen LogP contribution in [0.15, 0.2) is 42.5 Å². The van der Waals surface area contributed by atoms with Crippen molar-refractivity contribution in [2.45, 2.75) is 32.2 Å². The van der Waals surface area contributed by atoms with E-state index in [0.717, 1.165) is 42.9 Å². The molecule has 1 fully saturated rings. The summed E-state index contributed by atoms with van der Waals surface area (Å²) in [5.74, 6) is -2.01. The molecular weight excluding hydrogens is 428 g/mol. The molecular formula is C24H23F2N5O2. The minimum atomic E-state index is -0.774. The quantitative estimate of drug-likeness (QED) is 0.660. The van der Waals surface area contributed by atoms with Gasteiger partial charge in [0.05, 0.1) is 12.2 Å². The average Bonchev–Trinajstić information content (AvgIpc) is 3.19. The van der Waals surface area contributed by atoms with Gasteiger partial charge in [0.1, 0.15) is 11.5 Å². The molecule has 0 spiro atoms. The molecule has 33 heavy (non-hydrogen) atoms. The molecule has 170 valence electrons. The molecule has 7 nitrogen and oxygen atoms in total. The van der Waals surface area contributed by atoms with Gasteiger partial charge in [-0.3, -0.25) is 9.59 Å². The third-order valence-electron chi connectivity index (χ3n) is 6.28. The molecule has 3 heterocycles. The normalized spacial score (nSPS) is 16.1. The molecule has 0 bridgehead atoms. The Bertz CT molecular complexity index is 1240. The van der Waals surface area contributed by atoms with Gasteiger partial charge in [-0.15, -0.1) is 0 Å². The van der Waals surface area contributed by atoms with Crippen molar-refractivity contribution in [3.63, 3.8) is 0 Å². The van der Waals surface area contributed by atoms with Gasteiger partial charge in [0.2, 0.25) is 5.91 Å². The van der Waals surface area contributed by atoms with Crippen molar-refractivity contribution in [1.29, 1.82) is 0 Å². The highest BCUT2D eigenvalue weighted by atomic mass is 19.1. The van der Waals surface area contributed by atoms with Crippen molar-refractivity contribution >= 4 is 23.2 Å². The highest BCUT2D eigenvalue weighted by Crippen LogP contribution is 2.31. The summed E-state index contributed by atoms with van der Waals surface area (Å²) < 4.78 is 29.3. The summed E-state index contributed by atoms with van der Waals surface area (Å²) in [6.45, 7) is 1.71. The number of piperidine rings is 1. The molecule has 2 aliphatic heterocycles. The van der Waals surface area contributed by atoms with Crippen LogP contribution in [0.3, 0.4) is 0 Å². The van der Waals surface area contributed by atoms with Gasteiger partial charge in [0, 0.05) is 42.5 Å². The lowest BCUT2D eigenvalue weighted by atomic mass is 10.0. The van der Waals surface area contributed by atoms with Crippen LogP contribution >= 0.6 is 0 Å². The number of aromatic nitrogens is 2. The third kappa shape index (κ3) is 3.83. The van der Waals surface area contributed by atoms with E-state index < -0.39 is 17.5 Å². The molecule has 1 saturated heterocycles. The van der Waals surface area contributed by atoms with Crippen molar-refractivity contribution in [2.24, 2.45) is 5.73 Å². The maximum atomic E-state index is 14.5. The molecule has 2 amide bonds. The van der Waals surface area contributed by atoms with E-state index in [1.165, 1.54) is 10.7 Å². The molecule has 1 aromatic heterocycles. The fraction of sp³-hybridized carbons (Fsp3) is 0.292. The summed E-state index contributed by atoms with van der Waals surface area (Å²) in [6, 6.07) is 11.0. The van der Waals surface area contributed by atoms with Gasteiger partial charge in [0.25, 0.3) is 5.91 Å². The van der Waals surface area contributed by atoms with Crippen LogP contribution in [-0.4, -0.2) is 34.7 Å². The van der Waals surface area contributed by atoms with E-state index in [0.29, 0.717) is 37.2 Å². The first-order chi connectivity index (χ1) is 15.9. The number of amides is 2. The van der Waals surface area contributed by atoms with Crippen molar-refractivity contribution in [3.05, 3.63) is 71.1 Å². The summed E-state index contributed by atoms with van der Waals surface area (Å²) in [7, 11) is 0. The van der Waals surface area contributed by atoms with Gasteiger partial charge < -0.3 is 15.5 Å². The number of carbonyl (C=O) groups is 2. The summed E-state index contributed by atoms with van der Waals surface area (Å²) in [5, 5.41) is 4.27. The number of nitrogens with zero attached hydrogens (tertiary/aromatic N) is 4. The van der Waals surface area contributed by atoms with Gasteiger partial charge in [-0.25, -0.2) is 13.5 Å². The Hall–Kier alpha value is -3.75. The van der Waals surface area contributed by atoms with Crippen LogP contribution in [0.4, 0.5) is 20.2 Å². The van der Waals surface area contributed by atoms with Crippen LogP contribution in [0, 0.1) is 11.6 Å². The number of anilines is 2. The SMILES string of the molecule is NC(=O)c1nn(-c2ccc(F)cc2F)c2c1CCN(c1ccc(N3CCCCC3=O)cc1)C2. The third-order valence-corrected chi connectivity index (χ3v) is 6.28. The predicted molar refractivity (Wildman–Crippen MR) is 119 cm³/mol. The predicted octanol–water partition coefficient (Wildman–Crippen LogP) is 3.33. The van der Waals surface area contributed by atoms with Crippen molar-refractivity contribution < 1.29 is 18.4 Å². The first-order valence-corrected chi connectivity index (χ1v) is 10.9. The minimum Gasteiger partial charge on any atom is -0.365 e. The fourth-order valence-corrected chi connectivity index (χ4v) is 4.61. The summed E-state index contributed by atoms with van der Waals surface area (Å²) >= 11 is 0. The molecule has 3 aromatic rings. The van der Waals surface area contributed by atoms with E-state index >= 15 is 0 Å². The van der Waals surface area contributed by atoms with Crippen LogP contribution in [0.25, 0.3) is 5.69 Å². The molecule has 0 atom stereocenters. The van der Waals surface area contributed by atoms with Crippen molar-refractivity contribution in [2.75, 3.05) is 22.9 Å². The number of fused-ring (bicyclic) bond motifs is 1. The van der Waals surface area contributed by atoms with Gasteiger partial charge in [-0.2, -0.15) is 5.10 Å². The Morgan fingerprint density at radius 2 is 1.73 bits per heavy atom. The highest BCUT2D eigenvalue weighted by molar-refractivity contribution is 5.94. The van der Waals surface area contributed by atoms with Gasteiger partial charge >= 0.3 is 0 Å². The van der Waals surface area contributed by atoms with E-state index in [1.54, 1.807) is 0 Å². The maximum Gasteiger partial charge on any atom is 0.269 e. The fourth-order valence-electron chi connectivity index (χ4n) is 4.61. The number of carbonyl (C=O) groups excluding carboxylic acids is 2. The molecule has 0 unspecified atom stereocenters. The first kappa shape index (κ1) is 21.1. The van der Waals surface area contributed by atoms with Crippen molar-refractivity contribution in [3.8, 4) is 5.69 Å². The minimum absolute atomic E-state index is 0.0564. The number of benzene rings is 2. The molecule has 0 radical (unpaired) electrons. The van der Waals surface area contributed by atoms with Gasteiger partial charge in [-0.1, -0.05) is 0 Å². The summed E-state index contributed by atoms with van der Waals surface area (Å²) in [4.78, 5) is 28.1. The lowest BCUT2D eigenvalue weighted by Gasteiger charge is -2.31. The highest BCUT2D eigenvalue weighted by Gasteiger charge is 2.29. The molecule has 5 rings (SSSR count). The van der Waals surface area contributed by atoms with Crippen LogP contribution in [0.5, 0.6) is 0 Å². The second-order valence-electron chi connectivity index (χ2n) is 8.34. The van der Waals surface area contributed by atoms with Crippen LogP contribution < -0.4 is 15.5 Å². The lowest BCUT2D eigenvalue weighted by molar-refractivity contribution is -0.119. The maximum absolute atomic E-state index is 14.5. The van der Waals surface area contributed by atoms with Gasteiger partial charge in [-0.05, 0) is 55.7 Å². The smallest absolute Gasteiger partial charge is 0.269 e. The van der Waals surface area contributed by atoms with Crippen molar-refractivity contribution in [1.82, 2.24) is 9.78 Å². The standard InChI is InChI=1S/C24H23F2N5O2/c25-15-4-9-20(19(26)13-15)31-21-14-29(12-10-18(21)23(28-31)24(27)33)16-5-7-17(8-6-16)30-11-2-1-3-22(30)32/h4-9,13H,1-3,10-12,14H2,(H2,27,33). The number of hydrogen-bond acceptors (Lipinski definition) is 4. The molecule has 2 aromatic carbocycles. The van der Waals surface area contributed by atoms with Crippen LogP contribution in [0.1, 0.15) is 41.0 Å². The Balaban J connectivity index is 1.46. The van der Waals surface area contributed by atoms with E-state index in [2.05, 4.69) is 10.00 Å². The Kier molecular flexibility index (Phi) is 5.32. The number of primary amides is 1. The molecule has 0 aliphatic carbocycles. The Morgan fingerprint density at radius 1 is 0.970 bits per heavy atom. The van der Waals surface area contributed by atoms with E-state index in [1.807, 2.05) is 29.2 Å². The second kappa shape index (κ2) is 8.31. The lowest BCUT2D eigenvalue weighted by Crippen LogP contribution is -2.35. The molecule has 0 saturated carbocycles. The average molecular weight is 451 g/mol. The zero-order valence-electron chi connectivity index (χ0n) is 17.9. The number of nitrogens with two attached hydrogens (primary N) is 1. The Labute approximate surface area is 189 Å². The Morgan fingerprint density at radius 3 is 2.42 bits per heavy atom. The first-order valence-electron chi connectivity index (χ1n) is 10.9. The molecule has 2 N–H and O–H groups in total. The number of hydrogen-bond donors (Lipinski definition) is 1. The van der Waals surface area contributed by atoms with Gasteiger partial charge in [0.15, 0.2) is 11.5 Å². The zero-order valence-corrected chi connectivity index (χ0v) is 17.9. The second-order valence-corrected chi connectivity index (χ2v) is 8.34. The number of halogens is 2. The van der Waals surface area contributed by atoms with E-state index in [9.17, 15) is 18.4 Å². The van der Waals surface area contributed by atoms with E-state index in [4.69, 9.17) is 5.73 Å². The zero-order chi connectivity index (χ0) is 23.1. The van der Waals surface area contributed by atoms with Crippen LogP contribution in [-0.2, 0) is 17.8 Å². The monoisotopic (exact) mass is 451 g/mol.